The molecule has 5 nitrogen and oxygen atoms in total. The van der Waals surface area contributed by atoms with Crippen LogP contribution in [0.25, 0.3) is 0 Å². The van der Waals surface area contributed by atoms with Gasteiger partial charge >= 0.3 is 0 Å². The monoisotopic (exact) mass is 344 g/mol. The van der Waals surface area contributed by atoms with Crippen LogP contribution in [-0.2, 0) is 16.1 Å². The van der Waals surface area contributed by atoms with Crippen LogP contribution in [-0.4, -0.2) is 30.9 Å². The SMILES string of the molecule is COc1ccccc1CNC(=O)C1CC(=O)N(C)C1c1cccs1. The Kier molecular flexibility index (Phi) is 4.85. The summed E-state index contributed by atoms with van der Waals surface area (Å²) in [6.45, 7) is 0.383. The summed E-state index contributed by atoms with van der Waals surface area (Å²) in [7, 11) is 3.37. The number of carbonyl (C=O) groups is 2. The number of benzene rings is 1. The number of nitrogens with one attached hydrogen (secondary N) is 1. The van der Waals surface area contributed by atoms with Crippen LogP contribution in [0.5, 0.6) is 5.75 Å². The van der Waals surface area contributed by atoms with Crippen molar-refractivity contribution in [3.63, 3.8) is 0 Å². The predicted octanol–water partition coefficient (Wildman–Crippen LogP) is 2.59. The van der Waals surface area contributed by atoms with Crippen molar-refractivity contribution in [1.29, 1.82) is 0 Å². The average Bonchev–Trinajstić information content (AvgIpc) is 3.21. The summed E-state index contributed by atoms with van der Waals surface area (Å²) in [6.07, 6.45) is 0.247. The first kappa shape index (κ1) is 16.5. The molecule has 2 heterocycles. The zero-order valence-electron chi connectivity index (χ0n) is 13.7. The lowest BCUT2D eigenvalue weighted by Gasteiger charge is -2.23. The maximum atomic E-state index is 12.7. The molecule has 0 saturated carbocycles. The fourth-order valence-corrected chi connectivity index (χ4v) is 4.05. The summed E-state index contributed by atoms with van der Waals surface area (Å²) in [4.78, 5) is 27.5. The maximum Gasteiger partial charge on any atom is 0.226 e. The van der Waals surface area contributed by atoms with Crippen molar-refractivity contribution in [1.82, 2.24) is 10.2 Å². The Bertz CT molecular complexity index is 730. The third-order valence-corrected chi connectivity index (χ3v) is 5.35. The molecular formula is C18H20N2O3S. The lowest BCUT2D eigenvalue weighted by atomic mass is 9.98. The molecule has 3 rings (SSSR count). The molecule has 6 heteroatoms. The average molecular weight is 344 g/mol. The second-order valence-electron chi connectivity index (χ2n) is 5.81. The molecule has 0 radical (unpaired) electrons. The number of thiophene rings is 1. The van der Waals surface area contributed by atoms with E-state index in [9.17, 15) is 9.59 Å². The number of nitrogens with zero attached hydrogens (tertiary/aromatic N) is 1. The third-order valence-electron chi connectivity index (χ3n) is 4.40. The molecule has 1 aromatic heterocycles. The summed E-state index contributed by atoms with van der Waals surface area (Å²) >= 11 is 1.57. The smallest absolute Gasteiger partial charge is 0.226 e. The highest BCUT2D eigenvalue weighted by atomic mass is 32.1. The van der Waals surface area contributed by atoms with Gasteiger partial charge in [0.2, 0.25) is 11.8 Å². The van der Waals surface area contributed by atoms with Crippen molar-refractivity contribution in [2.75, 3.05) is 14.2 Å². The highest BCUT2D eigenvalue weighted by molar-refractivity contribution is 7.10. The normalized spacial score (nSPS) is 20.2. The highest BCUT2D eigenvalue weighted by Gasteiger charge is 2.43. The Hall–Kier alpha value is -2.34. The second kappa shape index (κ2) is 7.05. The molecule has 2 unspecified atom stereocenters. The predicted molar refractivity (Wildman–Crippen MR) is 92.8 cm³/mol. The van der Waals surface area contributed by atoms with Gasteiger partial charge in [0.05, 0.1) is 19.1 Å². The molecular weight excluding hydrogens is 324 g/mol. The highest BCUT2D eigenvalue weighted by Crippen LogP contribution is 2.39. The number of likely N-dealkylation sites (tertiary alicyclic amines) is 1. The van der Waals surface area contributed by atoms with Gasteiger partial charge in [-0.05, 0) is 17.5 Å². The summed E-state index contributed by atoms with van der Waals surface area (Å²) < 4.78 is 5.31. The van der Waals surface area contributed by atoms with Crippen LogP contribution >= 0.6 is 11.3 Å². The Labute approximate surface area is 145 Å². The fraction of sp³-hybridized carbons (Fsp3) is 0.333. The van der Waals surface area contributed by atoms with Gasteiger partial charge in [0.25, 0.3) is 0 Å². The summed E-state index contributed by atoms with van der Waals surface area (Å²) in [6, 6.07) is 11.3. The maximum absolute atomic E-state index is 12.7. The van der Waals surface area contributed by atoms with Crippen molar-refractivity contribution >= 4 is 23.2 Å². The quantitative estimate of drug-likeness (QED) is 0.907. The topological polar surface area (TPSA) is 58.6 Å². The minimum absolute atomic E-state index is 0.00541. The molecule has 1 aliphatic rings. The number of ether oxygens (including phenoxy) is 1. The Morgan fingerprint density at radius 3 is 2.83 bits per heavy atom. The van der Waals surface area contributed by atoms with Gasteiger partial charge in [-0.15, -0.1) is 11.3 Å². The van der Waals surface area contributed by atoms with Crippen LogP contribution in [0.3, 0.4) is 0 Å². The number of hydrogen-bond donors (Lipinski definition) is 1. The number of methoxy groups -OCH3 is 1. The van der Waals surface area contributed by atoms with Crippen molar-refractivity contribution in [3.8, 4) is 5.75 Å². The molecule has 2 atom stereocenters. The van der Waals surface area contributed by atoms with Crippen LogP contribution in [0.2, 0.25) is 0 Å². The second-order valence-corrected chi connectivity index (χ2v) is 6.78. The van der Waals surface area contributed by atoms with Crippen molar-refractivity contribution in [2.45, 2.75) is 19.0 Å². The third kappa shape index (κ3) is 3.14. The van der Waals surface area contributed by atoms with Crippen molar-refractivity contribution < 1.29 is 14.3 Å². The molecule has 1 fully saturated rings. The summed E-state index contributed by atoms with van der Waals surface area (Å²) in [5, 5.41) is 4.92. The van der Waals surface area contributed by atoms with Gasteiger partial charge in [-0.3, -0.25) is 9.59 Å². The number of para-hydroxylation sites is 1. The van der Waals surface area contributed by atoms with E-state index in [-0.39, 0.29) is 30.2 Å². The van der Waals surface area contributed by atoms with Gasteiger partial charge in [-0.2, -0.15) is 0 Å². The molecule has 126 valence electrons. The van der Waals surface area contributed by atoms with Gasteiger partial charge in [0.1, 0.15) is 5.75 Å². The van der Waals surface area contributed by atoms with Crippen molar-refractivity contribution in [3.05, 3.63) is 52.2 Å². The Morgan fingerprint density at radius 2 is 2.12 bits per heavy atom. The van der Waals surface area contributed by atoms with Crippen LogP contribution < -0.4 is 10.1 Å². The first-order valence-electron chi connectivity index (χ1n) is 7.80. The van der Waals surface area contributed by atoms with E-state index in [1.807, 2.05) is 41.8 Å². The van der Waals surface area contributed by atoms with E-state index < -0.39 is 0 Å². The van der Waals surface area contributed by atoms with Crippen LogP contribution in [0.4, 0.5) is 0 Å². The molecule has 1 N–H and O–H groups in total. The van der Waals surface area contributed by atoms with Crippen molar-refractivity contribution in [2.24, 2.45) is 5.92 Å². The Balaban J connectivity index is 1.73. The van der Waals surface area contributed by atoms with E-state index in [0.717, 1.165) is 16.2 Å². The van der Waals surface area contributed by atoms with Gasteiger partial charge in [-0.25, -0.2) is 0 Å². The summed E-state index contributed by atoms with van der Waals surface area (Å²) in [5.41, 5.74) is 0.915. The van der Waals surface area contributed by atoms with Gasteiger partial charge in [-0.1, -0.05) is 24.3 Å². The molecule has 1 aromatic carbocycles. The lowest BCUT2D eigenvalue weighted by Crippen LogP contribution is -2.34. The molecule has 0 spiro atoms. The van der Waals surface area contributed by atoms with Crippen LogP contribution in [0, 0.1) is 5.92 Å². The van der Waals surface area contributed by atoms with E-state index in [0.29, 0.717) is 6.54 Å². The zero-order valence-corrected chi connectivity index (χ0v) is 14.5. The first-order valence-corrected chi connectivity index (χ1v) is 8.68. The largest absolute Gasteiger partial charge is 0.496 e. The van der Waals surface area contributed by atoms with E-state index in [1.54, 1.807) is 30.4 Å². The van der Waals surface area contributed by atoms with E-state index >= 15 is 0 Å². The van der Waals surface area contributed by atoms with Gasteiger partial charge in [0, 0.05) is 30.5 Å². The lowest BCUT2D eigenvalue weighted by molar-refractivity contribution is -0.128. The molecule has 24 heavy (non-hydrogen) atoms. The van der Waals surface area contributed by atoms with Crippen LogP contribution in [0.15, 0.2) is 41.8 Å². The van der Waals surface area contributed by atoms with E-state index in [4.69, 9.17) is 4.74 Å². The van der Waals surface area contributed by atoms with E-state index in [1.165, 1.54) is 0 Å². The number of amides is 2. The molecule has 0 bridgehead atoms. The molecule has 1 aliphatic heterocycles. The molecule has 2 aromatic rings. The standard InChI is InChI=1S/C18H20N2O3S/c1-20-16(21)10-13(17(20)15-8-5-9-24-15)18(22)19-11-12-6-3-4-7-14(12)23-2/h3-9,13,17H,10-11H2,1-2H3,(H,19,22). The summed E-state index contributed by atoms with van der Waals surface area (Å²) in [5.74, 6) is 0.283. The molecule has 0 aliphatic carbocycles. The van der Waals surface area contributed by atoms with Gasteiger partial charge < -0.3 is 15.0 Å². The fourth-order valence-electron chi connectivity index (χ4n) is 3.12. The number of rotatable bonds is 5. The minimum Gasteiger partial charge on any atom is -0.496 e. The number of hydrogen-bond acceptors (Lipinski definition) is 4. The molecule has 1 saturated heterocycles. The first-order chi connectivity index (χ1) is 11.6. The molecule has 2 amide bonds. The zero-order chi connectivity index (χ0) is 17.1. The number of carbonyl (C=O) groups excluding carboxylic acids is 2. The minimum atomic E-state index is -0.365. The van der Waals surface area contributed by atoms with Crippen LogP contribution in [0.1, 0.15) is 22.9 Å². The van der Waals surface area contributed by atoms with Gasteiger partial charge in [0.15, 0.2) is 0 Å². The Morgan fingerprint density at radius 1 is 1.33 bits per heavy atom. The van der Waals surface area contributed by atoms with E-state index in [2.05, 4.69) is 5.32 Å².